The Morgan fingerprint density at radius 1 is 1.09 bits per heavy atom. The van der Waals surface area contributed by atoms with Gasteiger partial charge < -0.3 is 15.2 Å². The Labute approximate surface area is 188 Å². The molecule has 1 aliphatic rings. The van der Waals surface area contributed by atoms with Crippen LogP contribution in [-0.2, 0) is 5.41 Å². The summed E-state index contributed by atoms with van der Waals surface area (Å²) in [6.45, 7) is 2.96. The molecule has 0 aliphatic heterocycles. The minimum absolute atomic E-state index is 0.0436. The van der Waals surface area contributed by atoms with Crippen LogP contribution in [0.25, 0.3) is 10.8 Å². The van der Waals surface area contributed by atoms with Gasteiger partial charge in [0.05, 0.1) is 13.2 Å². The largest absolute Gasteiger partial charge is 0.493 e. The lowest BCUT2D eigenvalue weighted by Gasteiger charge is -2.49. The van der Waals surface area contributed by atoms with Crippen molar-refractivity contribution in [2.45, 2.75) is 43.5 Å². The minimum Gasteiger partial charge on any atom is -0.493 e. The molecule has 4 rings (SSSR count). The van der Waals surface area contributed by atoms with Crippen molar-refractivity contribution in [3.8, 4) is 5.75 Å². The van der Waals surface area contributed by atoms with Crippen LogP contribution in [0.4, 0.5) is 17.6 Å². The summed E-state index contributed by atoms with van der Waals surface area (Å²) < 4.78 is 62.5. The first kappa shape index (κ1) is 23.0. The SMILES string of the molecule is COc1c(F)ccc2c1C(C)(C)C[C@@](O)(C(F)(F)F)[C@@H]2NC(=O)c1cccc2ccccc12. The maximum Gasteiger partial charge on any atom is 0.419 e. The van der Waals surface area contributed by atoms with Crippen LogP contribution >= 0.6 is 0 Å². The Morgan fingerprint density at radius 2 is 1.76 bits per heavy atom. The van der Waals surface area contributed by atoms with Crippen LogP contribution in [0.3, 0.4) is 0 Å². The average molecular weight is 461 g/mol. The summed E-state index contributed by atoms with van der Waals surface area (Å²) in [5, 5.41) is 14.7. The smallest absolute Gasteiger partial charge is 0.419 e. The predicted octanol–water partition coefficient (Wildman–Crippen LogP) is 5.43. The molecule has 8 heteroatoms. The molecule has 0 saturated heterocycles. The zero-order chi connectivity index (χ0) is 24.2. The lowest BCUT2D eigenvalue weighted by Crippen LogP contribution is -2.60. The average Bonchev–Trinajstić information content (AvgIpc) is 2.75. The number of rotatable bonds is 3. The van der Waals surface area contributed by atoms with Gasteiger partial charge in [0.15, 0.2) is 17.2 Å². The van der Waals surface area contributed by atoms with E-state index < -0.39 is 41.4 Å². The second kappa shape index (κ2) is 7.73. The highest BCUT2D eigenvalue weighted by atomic mass is 19.4. The van der Waals surface area contributed by atoms with Crippen LogP contribution in [0, 0.1) is 5.82 Å². The molecule has 33 heavy (non-hydrogen) atoms. The van der Waals surface area contributed by atoms with E-state index in [0.717, 1.165) is 11.5 Å². The Balaban J connectivity index is 1.90. The normalized spacial score (nSPS) is 22.0. The summed E-state index contributed by atoms with van der Waals surface area (Å²) in [4.78, 5) is 13.2. The number of carbonyl (C=O) groups excluding carboxylic acids is 1. The molecule has 0 heterocycles. The number of nitrogens with one attached hydrogen (secondary N) is 1. The maximum atomic E-state index is 14.5. The van der Waals surface area contributed by atoms with E-state index in [1.54, 1.807) is 36.4 Å². The van der Waals surface area contributed by atoms with E-state index in [1.165, 1.54) is 33.1 Å². The maximum absolute atomic E-state index is 14.5. The van der Waals surface area contributed by atoms with Crippen molar-refractivity contribution in [2.24, 2.45) is 0 Å². The standard InChI is InChI=1S/C25H23F4NO3/c1-23(2)13-24(32,25(27,28)29)21(17-11-12-18(26)20(33-3)19(17)23)30-22(31)16-10-6-8-14-7-4-5-9-15(14)16/h4-12,21,32H,13H2,1-3H3,(H,30,31)/t21-,24+/m1/s1. The summed E-state index contributed by atoms with van der Waals surface area (Å²) in [6, 6.07) is 12.2. The number of methoxy groups -OCH3 is 1. The van der Waals surface area contributed by atoms with E-state index in [2.05, 4.69) is 5.32 Å². The topological polar surface area (TPSA) is 58.6 Å². The van der Waals surface area contributed by atoms with Gasteiger partial charge in [0.25, 0.3) is 5.91 Å². The van der Waals surface area contributed by atoms with Gasteiger partial charge >= 0.3 is 6.18 Å². The third-order valence-electron chi connectivity index (χ3n) is 6.32. The lowest BCUT2D eigenvalue weighted by atomic mass is 9.63. The van der Waals surface area contributed by atoms with Gasteiger partial charge in [0.2, 0.25) is 0 Å². The molecule has 3 aromatic carbocycles. The fourth-order valence-corrected chi connectivity index (χ4v) is 4.93. The van der Waals surface area contributed by atoms with Crippen LogP contribution < -0.4 is 10.1 Å². The van der Waals surface area contributed by atoms with Crippen molar-refractivity contribution in [1.29, 1.82) is 0 Å². The zero-order valence-electron chi connectivity index (χ0n) is 18.3. The van der Waals surface area contributed by atoms with Crippen molar-refractivity contribution in [3.63, 3.8) is 0 Å². The highest BCUT2D eigenvalue weighted by molar-refractivity contribution is 6.07. The molecule has 0 fully saturated rings. The first-order valence-electron chi connectivity index (χ1n) is 10.4. The molecule has 0 radical (unpaired) electrons. The highest BCUT2D eigenvalue weighted by Gasteiger charge is 2.64. The van der Waals surface area contributed by atoms with Crippen LogP contribution in [0.5, 0.6) is 5.75 Å². The van der Waals surface area contributed by atoms with Crippen LogP contribution in [0.2, 0.25) is 0 Å². The third-order valence-corrected chi connectivity index (χ3v) is 6.32. The van der Waals surface area contributed by atoms with Crippen molar-refractivity contribution in [2.75, 3.05) is 7.11 Å². The second-order valence-electron chi connectivity index (χ2n) is 8.96. The quantitative estimate of drug-likeness (QED) is 0.511. The van der Waals surface area contributed by atoms with Gasteiger partial charge in [-0.1, -0.05) is 56.3 Å². The highest BCUT2D eigenvalue weighted by Crippen LogP contribution is 2.55. The molecule has 0 spiro atoms. The molecule has 0 unspecified atom stereocenters. The summed E-state index contributed by atoms with van der Waals surface area (Å²) in [5.41, 5.74) is -4.28. The fourth-order valence-electron chi connectivity index (χ4n) is 4.93. The number of aliphatic hydroxyl groups is 1. The Kier molecular flexibility index (Phi) is 5.40. The van der Waals surface area contributed by atoms with Gasteiger partial charge in [-0.25, -0.2) is 4.39 Å². The zero-order valence-corrected chi connectivity index (χ0v) is 18.3. The molecular weight excluding hydrogens is 438 g/mol. The fraction of sp³-hybridized carbons (Fsp3) is 0.320. The minimum atomic E-state index is -5.07. The van der Waals surface area contributed by atoms with Gasteiger partial charge in [0.1, 0.15) is 0 Å². The van der Waals surface area contributed by atoms with Crippen molar-refractivity contribution < 1.29 is 32.2 Å². The molecule has 1 amide bonds. The van der Waals surface area contributed by atoms with E-state index in [1.807, 2.05) is 0 Å². The first-order chi connectivity index (χ1) is 15.4. The first-order valence-corrected chi connectivity index (χ1v) is 10.4. The van der Waals surface area contributed by atoms with E-state index in [9.17, 15) is 27.5 Å². The number of amides is 1. The summed E-state index contributed by atoms with van der Waals surface area (Å²) >= 11 is 0. The third kappa shape index (κ3) is 3.62. The number of ether oxygens (including phenoxy) is 1. The number of hydrogen-bond acceptors (Lipinski definition) is 3. The Bertz CT molecular complexity index is 1230. The van der Waals surface area contributed by atoms with Crippen LogP contribution in [-0.4, -0.2) is 29.9 Å². The summed E-state index contributed by atoms with van der Waals surface area (Å²) in [7, 11) is 1.23. The van der Waals surface area contributed by atoms with Crippen LogP contribution in [0.1, 0.15) is 47.8 Å². The number of halogens is 4. The van der Waals surface area contributed by atoms with Gasteiger partial charge in [-0.2, -0.15) is 13.2 Å². The van der Waals surface area contributed by atoms with Gasteiger partial charge in [-0.3, -0.25) is 4.79 Å². The number of fused-ring (bicyclic) bond motifs is 2. The van der Waals surface area contributed by atoms with E-state index in [4.69, 9.17) is 4.74 Å². The van der Waals surface area contributed by atoms with E-state index >= 15 is 0 Å². The summed E-state index contributed by atoms with van der Waals surface area (Å²) in [6.07, 6.45) is -5.86. The Morgan fingerprint density at radius 3 is 2.42 bits per heavy atom. The van der Waals surface area contributed by atoms with Crippen molar-refractivity contribution >= 4 is 16.7 Å². The molecular formula is C25H23F4NO3. The van der Waals surface area contributed by atoms with Gasteiger partial charge in [-0.15, -0.1) is 0 Å². The lowest BCUT2D eigenvalue weighted by molar-refractivity contribution is -0.280. The molecule has 4 nitrogen and oxygen atoms in total. The molecule has 1 aliphatic carbocycles. The van der Waals surface area contributed by atoms with Crippen molar-refractivity contribution in [1.82, 2.24) is 5.32 Å². The monoisotopic (exact) mass is 461 g/mol. The molecule has 2 atom stereocenters. The molecule has 3 aromatic rings. The predicted molar refractivity (Wildman–Crippen MR) is 116 cm³/mol. The number of benzene rings is 3. The van der Waals surface area contributed by atoms with E-state index in [-0.39, 0.29) is 22.4 Å². The molecule has 0 aromatic heterocycles. The number of carbonyl (C=O) groups is 1. The Hall–Kier alpha value is -3.13. The number of alkyl halides is 3. The second-order valence-corrected chi connectivity index (χ2v) is 8.96. The van der Waals surface area contributed by atoms with Gasteiger partial charge in [0, 0.05) is 11.1 Å². The number of hydrogen-bond donors (Lipinski definition) is 2. The van der Waals surface area contributed by atoms with Gasteiger partial charge in [-0.05, 0) is 40.3 Å². The molecule has 0 bridgehead atoms. The molecule has 174 valence electrons. The van der Waals surface area contributed by atoms with Crippen molar-refractivity contribution in [3.05, 3.63) is 77.1 Å². The summed E-state index contributed by atoms with van der Waals surface area (Å²) in [5.74, 6) is -1.72. The molecule has 2 N–H and O–H groups in total. The van der Waals surface area contributed by atoms with E-state index in [0.29, 0.717) is 5.39 Å². The molecule has 0 saturated carbocycles. The van der Waals surface area contributed by atoms with Crippen LogP contribution in [0.15, 0.2) is 54.6 Å².